The smallest absolute Gasteiger partial charge is 0.265 e. The van der Waals surface area contributed by atoms with Crippen molar-refractivity contribution >= 4 is 28.8 Å². The third-order valence-corrected chi connectivity index (χ3v) is 5.88. The lowest BCUT2D eigenvalue weighted by atomic mass is 9.94. The van der Waals surface area contributed by atoms with E-state index in [4.69, 9.17) is 0 Å². The van der Waals surface area contributed by atoms with Crippen molar-refractivity contribution in [3.63, 3.8) is 0 Å². The number of aromatic nitrogens is 1. The van der Waals surface area contributed by atoms with Crippen molar-refractivity contribution < 1.29 is 9.59 Å². The van der Waals surface area contributed by atoms with Gasteiger partial charge in [0.15, 0.2) is 0 Å². The Bertz CT molecular complexity index is 794. The molecule has 1 fully saturated rings. The number of amides is 2. The van der Waals surface area contributed by atoms with Gasteiger partial charge in [-0.1, -0.05) is 0 Å². The van der Waals surface area contributed by atoms with Gasteiger partial charge in [-0.15, -0.1) is 11.3 Å². The van der Waals surface area contributed by atoms with E-state index in [-0.39, 0.29) is 11.8 Å². The predicted molar refractivity (Wildman–Crippen MR) is 92.9 cm³/mol. The Hall–Kier alpha value is -2.41. The Morgan fingerprint density at radius 1 is 1.25 bits per heavy atom. The zero-order chi connectivity index (χ0) is 16.7. The SMILES string of the molecule is CC(=O)N1CCC2(CC1)NC(=O)c1sc(-c3ccncc3)cc1N2. The van der Waals surface area contributed by atoms with Crippen LogP contribution in [0.1, 0.15) is 29.4 Å². The standard InChI is InChI=1S/C17H18N4O2S/c1-11(22)21-8-4-17(5-9-21)19-13-10-14(12-2-6-18-7-3-12)24-15(13)16(23)20-17/h2-3,6-7,10,19H,4-5,8-9H2,1H3,(H,20,23). The maximum Gasteiger partial charge on any atom is 0.265 e. The first kappa shape index (κ1) is 15.1. The molecule has 2 aliphatic heterocycles. The van der Waals surface area contributed by atoms with Gasteiger partial charge in [-0.2, -0.15) is 0 Å². The van der Waals surface area contributed by atoms with Gasteiger partial charge in [0.1, 0.15) is 10.5 Å². The van der Waals surface area contributed by atoms with E-state index in [1.54, 1.807) is 19.3 Å². The van der Waals surface area contributed by atoms with E-state index in [0.29, 0.717) is 30.8 Å². The first-order valence-corrected chi connectivity index (χ1v) is 8.78. The molecule has 0 aliphatic carbocycles. The molecule has 1 saturated heterocycles. The molecule has 124 valence electrons. The molecule has 4 rings (SSSR count). The summed E-state index contributed by atoms with van der Waals surface area (Å²) < 4.78 is 0. The van der Waals surface area contributed by atoms with Crippen LogP contribution in [0.2, 0.25) is 0 Å². The maximum atomic E-state index is 12.6. The van der Waals surface area contributed by atoms with Crippen LogP contribution in [0.3, 0.4) is 0 Å². The van der Waals surface area contributed by atoms with Crippen molar-refractivity contribution in [3.05, 3.63) is 35.5 Å². The number of thiophene rings is 1. The lowest BCUT2D eigenvalue weighted by molar-refractivity contribution is -0.130. The molecular weight excluding hydrogens is 324 g/mol. The van der Waals surface area contributed by atoms with Crippen LogP contribution in [0.4, 0.5) is 5.69 Å². The molecule has 0 unspecified atom stereocenters. The molecule has 7 heteroatoms. The van der Waals surface area contributed by atoms with Crippen molar-refractivity contribution in [1.29, 1.82) is 0 Å². The predicted octanol–water partition coefficient (Wildman–Crippen LogP) is 2.30. The van der Waals surface area contributed by atoms with Crippen LogP contribution >= 0.6 is 11.3 Å². The minimum atomic E-state index is -0.452. The van der Waals surface area contributed by atoms with Crippen molar-refractivity contribution in [2.75, 3.05) is 18.4 Å². The number of likely N-dealkylation sites (tertiary alicyclic amines) is 1. The van der Waals surface area contributed by atoms with E-state index in [1.165, 1.54) is 11.3 Å². The Morgan fingerprint density at radius 2 is 1.96 bits per heavy atom. The van der Waals surface area contributed by atoms with Gasteiger partial charge < -0.3 is 15.5 Å². The zero-order valence-corrected chi connectivity index (χ0v) is 14.2. The Kier molecular flexibility index (Phi) is 3.53. The molecule has 0 radical (unpaired) electrons. The summed E-state index contributed by atoms with van der Waals surface area (Å²) >= 11 is 1.48. The molecule has 0 bridgehead atoms. The van der Waals surface area contributed by atoms with Crippen LogP contribution in [0.5, 0.6) is 0 Å². The molecule has 2 aromatic heterocycles. The van der Waals surface area contributed by atoms with Gasteiger partial charge in [0, 0.05) is 50.1 Å². The van der Waals surface area contributed by atoms with Crippen molar-refractivity contribution in [3.8, 4) is 10.4 Å². The molecule has 0 saturated carbocycles. The summed E-state index contributed by atoms with van der Waals surface area (Å²) in [5, 5.41) is 6.64. The molecule has 4 heterocycles. The van der Waals surface area contributed by atoms with E-state index in [1.807, 2.05) is 23.1 Å². The second kappa shape index (κ2) is 5.59. The monoisotopic (exact) mass is 342 g/mol. The first-order valence-electron chi connectivity index (χ1n) is 7.97. The lowest BCUT2D eigenvalue weighted by Gasteiger charge is -2.45. The number of piperidine rings is 1. The number of pyridine rings is 1. The number of hydrogen-bond acceptors (Lipinski definition) is 5. The summed E-state index contributed by atoms with van der Waals surface area (Å²) in [6.07, 6.45) is 4.91. The fourth-order valence-corrected chi connectivity index (χ4v) is 4.34. The second-order valence-corrected chi connectivity index (χ2v) is 7.31. The molecule has 2 aromatic rings. The largest absolute Gasteiger partial charge is 0.361 e. The van der Waals surface area contributed by atoms with Gasteiger partial charge in [0.2, 0.25) is 5.91 Å². The average molecular weight is 342 g/mol. The number of carbonyl (C=O) groups excluding carboxylic acids is 2. The third-order valence-electron chi connectivity index (χ3n) is 4.69. The number of carbonyl (C=O) groups is 2. The van der Waals surface area contributed by atoms with Crippen LogP contribution < -0.4 is 10.6 Å². The van der Waals surface area contributed by atoms with Crippen molar-refractivity contribution in [2.24, 2.45) is 0 Å². The van der Waals surface area contributed by atoms with Crippen LogP contribution in [0.25, 0.3) is 10.4 Å². The van der Waals surface area contributed by atoms with E-state index in [2.05, 4.69) is 15.6 Å². The molecule has 2 amide bonds. The van der Waals surface area contributed by atoms with Crippen molar-refractivity contribution in [1.82, 2.24) is 15.2 Å². The molecule has 2 aliphatic rings. The molecule has 1 spiro atoms. The van der Waals surface area contributed by atoms with Gasteiger partial charge in [-0.25, -0.2) is 0 Å². The first-order chi connectivity index (χ1) is 11.6. The minimum absolute atomic E-state index is 0.0367. The number of rotatable bonds is 1. The topological polar surface area (TPSA) is 74.3 Å². The summed E-state index contributed by atoms with van der Waals surface area (Å²) in [7, 11) is 0. The number of anilines is 1. The summed E-state index contributed by atoms with van der Waals surface area (Å²) in [6, 6.07) is 5.92. The molecule has 24 heavy (non-hydrogen) atoms. The van der Waals surface area contributed by atoms with E-state index < -0.39 is 5.66 Å². The van der Waals surface area contributed by atoms with Gasteiger partial charge in [-0.05, 0) is 23.8 Å². The van der Waals surface area contributed by atoms with Gasteiger partial charge in [0.25, 0.3) is 5.91 Å². The molecular formula is C17H18N4O2S. The van der Waals surface area contributed by atoms with Gasteiger partial charge in [0.05, 0.1) is 5.69 Å². The van der Waals surface area contributed by atoms with E-state index >= 15 is 0 Å². The molecule has 6 nitrogen and oxygen atoms in total. The highest BCUT2D eigenvalue weighted by Gasteiger charge is 2.41. The fraction of sp³-hybridized carbons (Fsp3) is 0.353. The Morgan fingerprint density at radius 3 is 2.62 bits per heavy atom. The Labute approximate surface area is 143 Å². The summed E-state index contributed by atoms with van der Waals surface area (Å²) in [4.78, 5) is 31.7. The van der Waals surface area contributed by atoms with Crippen LogP contribution in [0, 0.1) is 0 Å². The maximum absolute atomic E-state index is 12.6. The highest BCUT2D eigenvalue weighted by atomic mass is 32.1. The lowest BCUT2D eigenvalue weighted by Crippen LogP contribution is -2.62. The summed E-state index contributed by atoms with van der Waals surface area (Å²) in [6.45, 7) is 2.89. The minimum Gasteiger partial charge on any atom is -0.361 e. The summed E-state index contributed by atoms with van der Waals surface area (Å²) in [5.74, 6) is 0.0495. The molecule has 0 aromatic carbocycles. The van der Waals surface area contributed by atoms with Crippen LogP contribution in [0.15, 0.2) is 30.6 Å². The van der Waals surface area contributed by atoms with Gasteiger partial charge >= 0.3 is 0 Å². The van der Waals surface area contributed by atoms with Crippen molar-refractivity contribution in [2.45, 2.75) is 25.4 Å². The van der Waals surface area contributed by atoms with Gasteiger partial charge in [-0.3, -0.25) is 14.6 Å². The number of nitrogens with one attached hydrogen (secondary N) is 2. The van der Waals surface area contributed by atoms with Crippen LogP contribution in [-0.4, -0.2) is 40.5 Å². The Balaban J connectivity index is 1.60. The quantitative estimate of drug-likeness (QED) is 0.834. The van der Waals surface area contributed by atoms with E-state index in [9.17, 15) is 9.59 Å². The zero-order valence-electron chi connectivity index (χ0n) is 13.3. The van der Waals surface area contributed by atoms with E-state index in [0.717, 1.165) is 16.1 Å². The van der Waals surface area contributed by atoms with Crippen LogP contribution in [-0.2, 0) is 4.79 Å². The normalized spacial score (nSPS) is 18.7. The highest BCUT2D eigenvalue weighted by Crippen LogP contribution is 2.40. The highest BCUT2D eigenvalue weighted by molar-refractivity contribution is 7.18. The second-order valence-electron chi connectivity index (χ2n) is 6.26. The summed E-state index contributed by atoms with van der Waals surface area (Å²) in [5.41, 5.74) is 1.48. The number of hydrogen-bond donors (Lipinski definition) is 2. The average Bonchev–Trinajstić information content (AvgIpc) is 3.00. The number of nitrogens with zero attached hydrogens (tertiary/aromatic N) is 2. The molecule has 0 atom stereocenters. The third kappa shape index (κ3) is 2.54. The number of fused-ring (bicyclic) bond motifs is 1. The fourth-order valence-electron chi connectivity index (χ4n) is 3.33. The molecule has 2 N–H and O–H groups in total.